The Morgan fingerprint density at radius 2 is 2.16 bits per heavy atom. The molecule has 0 aromatic heterocycles. The molecule has 2 heterocycles. The van der Waals surface area contributed by atoms with Gasteiger partial charge in [-0.1, -0.05) is 30.0 Å². The Kier molecular flexibility index (Phi) is 3.00. The molecule has 0 radical (unpaired) electrons. The Bertz CT molecular complexity index is 539. The van der Waals surface area contributed by atoms with Gasteiger partial charge >= 0.3 is 6.18 Å². The van der Waals surface area contributed by atoms with Crippen molar-refractivity contribution in [2.45, 2.75) is 18.3 Å². The molecular weight excluding hydrogens is 273 g/mol. The van der Waals surface area contributed by atoms with E-state index in [-0.39, 0.29) is 5.25 Å². The number of benzene rings is 1. The molecule has 0 N–H and O–H groups in total. The van der Waals surface area contributed by atoms with Crippen molar-refractivity contribution in [2.24, 2.45) is 4.99 Å². The molecule has 3 rings (SSSR count). The van der Waals surface area contributed by atoms with Gasteiger partial charge < -0.3 is 4.90 Å². The highest BCUT2D eigenvalue weighted by Crippen LogP contribution is 2.45. The zero-order valence-corrected chi connectivity index (χ0v) is 11.2. The second-order valence-electron chi connectivity index (χ2n) is 4.75. The molecule has 2 aliphatic rings. The molecule has 2 aliphatic heterocycles. The Morgan fingerprint density at radius 3 is 2.84 bits per heavy atom. The maximum atomic E-state index is 13.2. The average Bonchev–Trinajstić information content (AvgIpc) is 2.86. The lowest BCUT2D eigenvalue weighted by molar-refractivity contribution is -0.138. The molecule has 1 aromatic carbocycles. The van der Waals surface area contributed by atoms with E-state index in [1.807, 2.05) is 0 Å². The molecule has 0 spiro atoms. The summed E-state index contributed by atoms with van der Waals surface area (Å²) in [6.07, 6.45) is -4.30. The Balaban J connectivity index is 2.00. The molecule has 1 atom stereocenters. The van der Waals surface area contributed by atoms with Crippen LogP contribution >= 0.6 is 11.8 Å². The minimum absolute atomic E-state index is 0.171. The molecule has 0 saturated carbocycles. The molecule has 19 heavy (non-hydrogen) atoms. The van der Waals surface area contributed by atoms with Gasteiger partial charge in [0, 0.05) is 13.1 Å². The van der Waals surface area contributed by atoms with Crippen LogP contribution < -0.4 is 0 Å². The van der Waals surface area contributed by atoms with Gasteiger partial charge in [0.1, 0.15) is 0 Å². The number of fused-ring (bicyclic) bond motifs is 1. The van der Waals surface area contributed by atoms with E-state index in [0.717, 1.165) is 18.3 Å². The summed E-state index contributed by atoms with van der Waals surface area (Å²) in [5, 5.41) is 0.718. The average molecular weight is 286 g/mol. The fraction of sp³-hybridized carbons (Fsp3) is 0.462. The molecule has 6 heteroatoms. The molecule has 102 valence electrons. The molecule has 2 nitrogen and oxygen atoms in total. The van der Waals surface area contributed by atoms with Crippen molar-refractivity contribution in [1.82, 2.24) is 4.90 Å². The Hall–Kier alpha value is -1.17. The van der Waals surface area contributed by atoms with Crippen LogP contribution in [0.4, 0.5) is 13.2 Å². The Morgan fingerprint density at radius 1 is 1.37 bits per heavy atom. The van der Waals surface area contributed by atoms with Gasteiger partial charge in [0.05, 0.1) is 17.4 Å². The summed E-state index contributed by atoms with van der Waals surface area (Å²) in [7, 11) is 0. The number of hydrogen-bond acceptors (Lipinski definition) is 3. The maximum absolute atomic E-state index is 13.2. The number of thioether (sulfide) groups is 1. The molecule has 1 saturated heterocycles. The third-order valence-electron chi connectivity index (χ3n) is 3.46. The van der Waals surface area contributed by atoms with Gasteiger partial charge in [-0.2, -0.15) is 13.2 Å². The predicted octanol–water partition coefficient (Wildman–Crippen LogP) is 3.47. The summed E-state index contributed by atoms with van der Waals surface area (Å²) in [6.45, 7) is 3.72. The number of nitrogens with zero attached hydrogens (tertiary/aromatic N) is 2. The smallest absolute Gasteiger partial charge is 0.348 e. The van der Waals surface area contributed by atoms with Crippen LogP contribution in [0.5, 0.6) is 0 Å². The first kappa shape index (κ1) is 12.8. The van der Waals surface area contributed by atoms with Gasteiger partial charge in [0.2, 0.25) is 0 Å². The van der Waals surface area contributed by atoms with Crippen LogP contribution in [-0.2, 0) is 6.18 Å². The summed E-state index contributed by atoms with van der Waals surface area (Å²) in [5.41, 5.74) is 0.198. The first-order valence-electron chi connectivity index (χ1n) is 6.09. The van der Waals surface area contributed by atoms with E-state index in [4.69, 9.17) is 0 Å². The van der Waals surface area contributed by atoms with Crippen molar-refractivity contribution in [3.8, 4) is 0 Å². The number of alkyl halides is 3. The molecule has 0 amide bonds. The van der Waals surface area contributed by atoms with Gasteiger partial charge in [0.25, 0.3) is 0 Å². The van der Waals surface area contributed by atoms with Crippen molar-refractivity contribution in [1.29, 1.82) is 0 Å². The van der Waals surface area contributed by atoms with Gasteiger partial charge in [-0.3, -0.25) is 4.99 Å². The number of amidine groups is 1. The Labute approximate surface area is 113 Å². The lowest BCUT2D eigenvalue weighted by Crippen LogP contribution is -2.22. The monoisotopic (exact) mass is 286 g/mol. The predicted molar refractivity (Wildman–Crippen MR) is 70.4 cm³/mol. The fourth-order valence-corrected chi connectivity index (χ4v) is 3.93. The normalized spacial score (nSPS) is 22.6. The third-order valence-corrected chi connectivity index (χ3v) is 4.74. The van der Waals surface area contributed by atoms with Gasteiger partial charge in [-0.15, -0.1) is 0 Å². The summed E-state index contributed by atoms with van der Waals surface area (Å²) in [4.78, 5) is 6.38. The van der Waals surface area contributed by atoms with Crippen molar-refractivity contribution in [2.75, 3.05) is 19.6 Å². The van der Waals surface area contributed by atoms with E-state index < -0.39 is 11.7 Å². The van der Waals surface area contributed by atoms with E-state index in [1.165, 1.54) is 24.8 Å². The number of aryl methyl sites for hydroxylation is 1. The molecule has 0 aliphatic carbocycles. The standard InChI is InChI=1S/C13H13F3N2S/c1-8-3-2-4-9(11(8)13(14,15)16)10-7-18-6-5-17-12(18)19-10/h2-4,10H,5-7H2,1H3. The highest BCUT2D eigenvalue weighted by Gasteiger charge is 2.40. The van der Waals surface area contributed by atoms with Gasteiger partial charge in [0.15, 0.2) is 5.17 Å². The van der Waals surface area contributed by atoms with Crippen molar-refractivity contribution in [3.05, 3.63) is 34.9 Å². The van der Waals surface area contributed by atoms with Gasteiger partial charge in [-0.05, 0) is 18.1 Å². The molecule has 0 bridgehead atoms. The van der Waals surface area contributed by atoms with Crippen LogP contribution in [0.2, 0.25) is 0 Å². The van der Waals surface area contributed by atoms with E-state index in [0.29, 0.717) is 17.7 Å². The zero-order chi connectivity index (χ0) is 13.6. The number of hydrogen-bond donors (Lipinski definition) is 0. The van der Waals surface area contributed by atoms with E-state index >= 15 is 0 Å². The summed E-state index contributed by atoms with van der Waals surface area (Å²) in [5.74, 6) is 0. The van der Waals surface area contributed by atoms with Crippen molar-refractivity contribution >= 4 is 16.9 Å². The lowest BCUT2D eigenvalue weighted by atomic mass is 9.98. The first-order chi connectivity index (χ1) is 8.97. The van der Waals surface area contributed by atoms with Crippen LogP contribution in [0.25, 0.3) is 0 Å². The summed E-state index contributed by atoms with van der Waals surface area (Å²) < 4.78 is 39.6. The quantitative estimate of drug-likeness (QED) is 0.785. The van der Waals surface area contributed by atoms with E-state index in [9.17, 15) is 13.2 Å². The van der Waals surface area contributed by atoms with E-state index in [1.54, 1.807) is 12.1 Å². The topological polar surface area (TPSA) is 15.6 Å². The highest BCUT2D eigenvalue weighted by molar-refractivity contribution is 8.14. The van der Waals surface area contributed by atoms with Crippen LogP contribution in [0, 0.1) is 6.92 Å². The van der Waals surface area contributed by atoms with Crippen LogP contribution in [0.15, 0.2) is 23.2 Å². The minimum Gasteiger partial charge on any atom is -0.348 e. The largest absolute Gasteiger partial charge is 0.416 e. The molecule has 1 unspecified atom stereocenters. The second-order valence-corrected chi connectivity index (χ2v) is 5.92. The zero-order valence-electron chi connectivity index (χ0n) is 10.4. The number of halogens is 3. The minimum atomic E-state index is -4.30. The molecule has 1 aromatic rings. The molecular formula is C13H13F3N2S. The number of rotatable bonds is 1. The van der Waals surface area contributed by atoms with E-state index in [2.05, 4.69) is 9.89 Å². The van der Waals surface area contributed by atoms with Gasteiger partial charge in [-0.25, -0.2) is 0 Å². The maximum Gasteiger partial charge on any atom is 0.416 e. The first-order valence-corrected chi connectivity index (χ1v) is 6.97. The lowest BCUT2D eigenvalue weighted by Gasteiger charge is -2.19. The van der Waals surface area contributed by atoms with Crippen molar-refractivity contribution in [3.63, 3.8) is 0 Å². The van der Waals surface area contributed by atoms with Crippen LogP contribution in [-0.4, -0.2) is 29.7 Å². The summed E-state index contributed by atoms with van der Waals surface area (Å²) in [6, 6.07) is 4.81. The summed E-state index contributed by atoms with van der Waals surface area (Å²) >= 11 is 1.45. The van der Waals surface area contributed by atoms with Crippen molar-refractivity contribution < 1.29 is 13.2 Å². The van der Waals surface area contributed by atoms with Crippen LogP contribution in [0.3, 0.4) is 0 Å². The fourth-order valence-electron chi connectivity index (χ4n) is 2.62. The SMILES string of the molecule is Cc1cccc(C2CN3CCN=C3S2)c1C(F)(F)F. The molecule has 1 fully saturated rings. The number of aliphatic imine (C=N–C) groups is 1. The highest BCUT2D eigenvalue weighted by atomic mass is 32.2. The third kappa shape index (κ3) is 2.22. The van der Waals surface area contributed by atoms with Crippen LogP contribution in [0.1, 0.15) is 21.9 Å². The second kappa shape index (κ2) is 4.44.